The molecule has 0 N–H and O–H groups in total. The van der Waals surface area contributed by atoms with Crippen LogP contribution in [0.3, 0.4) is 0 Å². The normalized spacial score (nSPS) is 11.0. The Hall–Kier alpha value is -1.86. The van der Waals surface area contributed by atoms with E-state index in [1.165, 1.54) is 11.8 Å². The van der Waals surface area contributed by atoms with Gasteiger partial charge >= 0.3 is 0 Å². The molecule has 1 aromatic carbocycles. The number of aryl methyl sites for hydroxylation is 3. The Morgan fingerprint density at radius 3 is 2.67 bits per heavy atom. The lowest BCUT2D eigenvalue weighted by atomic mass is 10.1. The maximum atomic E-state index is 5.88. The minimum atomic E-state index is 0.571. The van der Waals surface area contributed by atoms with Crippen LogP contribution in [0.2, 0.25) is 0 Å². The molecule has 2 heterocycles. The second-order valence-corrected chi connectivity index (χ2v) is 7.52. The first-order valence-corrected chi connectivity index (χ1v) is 9.53. The fourth-order valence-electron chi connectivity index (χ4n) is 2.31. The smallest absolute Gasteiger partial charge is 0.276 e. The summed E-state index contributed by atoms with van der Waals surface area (Å²) in [5, 5.41) is 11.8. The van der Waals surface area contributed by atoms with E-state index in [1.807, 2.05) is 18.4 Å². The topological polar surface area (TPSA) is 61.0 Å². The highest BCUT2D eigenvalue weighted by Crippen LogP contribution is 2.23. The molecule has 0 spiro atoms. The number of hydrogen-bond acceptors (Lipinski definition) is 7. The number of aromatic nitrogens is 3. The number of rotatable bonds is 7. The lowest BCUT2D eigenvalue weighted by Crippen LogP contribution is -2.02. The van der Waals surface area contributed by atoms with Crippen molar-refractivity contribution in [3.05, 3.63) is 51.3 Å². The van der Waals surface area contributed by atoms with E-state index in [0.717, 1.165) is 33.3 Å². The fourth-order valence-corrected chi connectivity index (χ4v) is 3.52. The molecule has 0 aliphatic carbocycles. The molecule has 2 aromatic heterocycles. The highest BCUT2D eigenvalue weighted by atomic mass is 32.2. The highest BCUT2D eigenvalue weighted by molar-refractivity contribution is 7.99. The van der Waals surface area contributed by atoms with Crippen LogP contribution in [-0.2, 0) is 6.42 Å². The lowest BCUT2D eigenvalue weighted by molar-refractivity contribution is 0.338. The quantitative estimate of drug-likeness (QED) is 0.464. The molecule has 3 aromatic rings. The summed E-state index contributed by atoms with van der Waals surface area (Å²) in [6, 6.07) is 6.15. The average molecular weight is 361 g/mol. The Labute approximate surface area is 149 Å². The first-order valence-electron chi connectivity index (χ1n) is 7.67. The Morgan fingerprint density at radius 1 is 1.17 bits per heavy atom. The van der Waals surface area contributed by atoms with Crippen LogP contribution >= 0.6 is 23.1 Å². The standard InChI is InChI=1S/C17H19N3O2S2/c1-11-5-4-6-12(2)16(11)21-7-8-23-17-20-19-15(22-17)9-14-10-24-13(3)18-14/h4-6,10H,7-9H2,1-3H3. The van der Waals surface area contributed by atoms with Crippen LogP contribution in [-0.4, -0.2) is 27.5 Å². The predicted octanol–water partition coefficient (Wildman–Crippen LogP) is 4.21. The Kier molecular flexibility index (Phi) is 5.52. The molecule has 0 aliphatic rings. The molecule has 0 fully saturated rings. The number of benzene rings is 1. The van der Waals surface area contributed by atoms with Crippen LogP contribution in [0.15, 0.2) is 33.2 Å². The monoisotopic (exact) mass is 361 g/mol. The lowest BCUT2D eigenvalue weighted by Gasteiger charge is -2.10. The molecular formula is C17H19N3O2S2. The van der Waals surface area contributed by atoms with Gasteiger partial charge in [0.2, 0.25) is 5.89 Å². The van der Waals surface area contributed by atoms with Gasteiger partial charge in [0.25, 0.3) is 5.22 Å². The van der Waals surface area contributed by atoms with E-state index in [4.69, 9.17) is 9.15 Å². The van der Waals surface area contributed by atoms with Crippen molar-refractivity contribution in [1.29, 1.82) is 0 Å². The van der Waals surface area contributed by atoms with Gasteiger partial charge in [-0.1, -0.05) is 30.0 Å². The van der Waals surface area contributed by atoms with Crippen molar-refractivity contribution in [3.8, 4) is 5.75 Å². The van der Waals surface area contributed by atoms with Gasteiger partial charge < -0.3 is 9.15 Å². The Morgan fingerprint density at radius 2 is 1.96 bits per heavy atom. The zero-order chi connectivity index (χ0) is 16.9. The second-order valence-electron chi connectivity index (χ2n) is 5.41. The van der Waals surface area contributed by atoms with Gasteiger partial charge in [0.15, 0.2) is 0 Å². The van der Waals surface area contributed by atoms with Crippen molar-refractivity contribution in [2.24, 2.45) is 0 Å². The van der Waals surface area contributed by atoms with E-state index in [0.29, 0.717) is 24.1 Å². The van der Waals surface area contributed by atoms with Crippen LogP contribution in [0.4, 0.5) is 0 Å². The number of nitrogens with zero attached hydrogens (tertiary/aromatic N) is 3. The number of hydrogen-bond donors (Lipinski definition) is 0. The van der Waals surface area contributed by atoms with Crippen molar-refractivity contribution in [3.63, 3.8) is 0 Å². The number of thiazole rings is 1. The molecular weight excluding hydrogens is 342 g/mol. The molecule has 0 unspecified atom stereocenters. The van der Waals surface area contributed by atoms with Gasteiger partial charge in [0, 0.05) is 11.1 Å². The molecule has 0 bridgehead atoms. The molecule has 0 radical (unpaired) electrons. The maximum Gasteiger partial charge on any atom is 0.276 e. The zero-order valence-electron chi connectivity index (χ0n) is 13.9. The molecule has 0 amide bonds. The van der Waals surface area contributed by atoms with Gasteiger partial charge in [-0.15, -0.1) is 21.5 Å². The average Bonchev–Trinajstić information content (AvgIpc) is 3.15. The molecule has 0 aliphatic heterocycles. The summed E-state index contributed by atoms with van der Waals surface area (Å²) in [7, 11) is 0. The van der Waals surface area contributed by atoms with Gasteiger partial charge in [0.1, 0.15) is 5.75 Å². The van der Waals surface area contributed by atoms with E-state index in [1.54, 1.807) is 11.3 Å². The van der Waals surface area contributed by atoms with Gasteiger partial charge in [-0.3, -0.25) is 0 Å². The third-order valence-corrected chi connectivity index (χ3v) is 5.02. The van der Waals surface area contributed by atoms with Crippen LogP contribution in [0.25, 0.3) is 0 Å². The molecule has 5 nitrogen and oxygen atoms in total. The summed E-state index contributed by atoms with van der Waals surface area (Å²) in [5.41, 5.74) is 3.27. The van der Waals surface area contributed by atoms with E-state index in [9.17, 15) is 0 Å². The highest BCUT2D eigenvalue weighted by Gasteiger charge is 2.10. The second kappa shape index (κ2) is 7.81. The van der Waals surface area contributed by atoms with Crippen LogP contribution < -0.4 is 4.74 Å². The third-order valence-electron chi connectivity index (χ3n) is 3.41. The molecule has 0 atom stereocenters. The van der Waals surface area contributed by atoms with E-state index in [2.05, 4.69) is 41.2 Å². The van der Waals surface area contributed by atoms with Gasteiger partial charge in [0.05, 0.1) is 23.7 Å². The van der Waals surface area contributed by atoms with Crippen molar-refractivity contribution >= 4 is 23.1 Å². The minimum absolute atomic E-state index is 0.571. The van der Waals surface area contributed by atoms with E-state index >= 15 is 0 Å². The number of ether oxygens (including phenoxy) is 1. The van der Waals surface area contributed by atoms with Crippen molar-refractivity contribution in [1.82, 2.24) is 15.2 Å². The van der Waals surface area contributed by atoms with Gasteiger partial charge in [-0.2, -0.15) is 0 Å². The van der Waals surface area contributed by atoms with Gasteiger partial charge in [-0.05, 0) is 31.9 Å². The Balaban J connectivity index is 1.47. The van der Waals surface area contributed by atoms with Crippen LogP contribution in [0, 0.1) is 20.8 Å². The SMILES string of the molecule is Cc1nc(Cc2nnc(SCCOc3c(C)cccc3C)o2)cs1. The summed E-state index contributed by atoms with van der Waals surface area (Å²) in [5.74, 6) is 2.31. The Bertz CT molecular complexity index is 794. The van der Waals surface area contributed by atoms with Crippen molar-refractivity contribution in [2.75, 3.05) is 12.4 Å². The van der Waals surface area contributed by atoms with E-state index < -0.39 is 0 Å². The fraction of sp³-hybridized carbons (Fsp3) is 0.353. The van der Waals surface area contributed by atoms with Crippen molar-refractivity contribution < 1.29 is 9.15 Å². The summed E-state index contributed by atoms with van der Waals surface area (Å²) >= 11 is 3.13. The largest absolute Gasteiger partial charge is 0.492 e. The minimum Gasteiger partial charge on any atom is -0.492 e. The molecule has 0 saturated carbocycles. The third kappa shape index (κ3) is 4.36. The summed E-state index contributed by atoms with van der Waals surface area (Å²) < 4.78 is 11.5. The predicted molar refractivity (Wildman–Crippen MR) is 96.1 cm³/mol. The summed E-state index contributed by atoms with van der Waals surface area (Å²) in [6.45, 7) is 6.69. The zero-order valence-corrected chi connectivity index (χ0v) is 15.5. The first-order chi connectivity index (χ1) is 11.6. The molecule has 126 valence electrons. The van der Waals surface area contributed by atoms with E-state index in [-0.39, 0.29) is 0 Å². The van der Waals surface area contributed by atoms with Gasteiger partial charge in [-0.25, -0.2) is 4.98 Å². The van der Waals surface area contributed by atoms with Crippen LogP contribution in [0.5, 0.6) is 5.75 Å². The van der Waals surface area contributed by atoms with Crippen LogP contribution in [0.1, 0.15) is 27.7 Å². The molecule has 3 rings (SSSR count). The molecule has 0 saturated heterocycles. The first kappa shape index (κ1) is 17.0. The summed E-state index contributed by atoms with van der Waals surface area (Å²) in [6.07, 6.45) is 0.580. The molecule has 24 heavy (non-hydrogen) atoms. The van der Waals surface area contributed by atoms with Crippen molar-refractivity contribution in [2.45, 2.75) is 32.4 Å². The maximum absolute atomic E-state index is 5.88. The number of thioether (sulfide) groups is 1. The summed E-state index contributed by atoms with van der Waals surface area (Å²) in [4.78, 5) is 4.40. The number of para-hydroxylation sites is 1. The molecule has 7 heteroatoms.